The van der Waals surface area contributed by atoms with Gasteiger partial charge in [-0.25, -0.2) is 0 Å². The molecule has 1 aromatic rings. The lowest BCUT2D eigenvalue weighted by molar-refractivity contribution is -0.136. The highest BCUT2D eigenvalue weighted by Gasteiger charge is 2.48. The number of hydrogen-bond donors (Lipinski definition) is 2. The Kier molecular flexibility index (Phi) is 4.90. The molecule has 1 atom stereocenters. The number of benzene rings is 1. The number of anilines is 1. The second-order valence-electron chi connectivity index (χ2n) is 6.64. The molecule has 1 saturated heterocycles. The van der Waals surface area contributed by atoms with Gasteiger partial charge in [-0.15, -0.1) is 0 Å². The molecule has 24 heavy (non-hydrogen) atoms. The second kappa shape index (κ2) is 6.78. The fraction of sp³-hybridized carbons (Fsp3) is 0.588. The number of hydrogen-bond acceptors (Lipinski definition) is 5. The number of nitrogens with zero attached hydrogens (tertiary/aromatic N) is 1. The van der Waals surface area contributed by atoms with Crippen LogP contribution in [0.15, 0.2) is 18.2 Å². The highest BCUT2D eigenvalue weighted by molar-refractivity contribution is 6.30. The average Bonchev–Trinajstić information content (AvgIpc) is 2.99. The van der Waals surface area contributed by atoms with Gasteiger partial charge in [0.05, 0.1) is 18.9 Å². The van der Waals surface area contributed by atoms with Crippen molar-refractivity contribution in [2.45, 2.75) is 36.9 Å². The van der Waals surface area contributed by atoms with Gasteiger partial charge in [0.2, 0.25) is 5.91 Å². The number of carbonyl (C=O) groups excluding carboxylic acids is 1. The number of methoxy groups -OCH3 is 2. The lowest BCUT2D eigenvalue weighted by Gasteiger charge is -2.42. The first kappa shape index (κ1) is 17.3. The predicted octanol–water partition coefficient (Wildman–Crippen LogP) is 1.55. The molecular weight excluding hydrogens is 330 g/mol. The predicted molar refractivity (Wildman–Crippen MR) is 93.7 cm³/mol. The second-order valence-corrected chi connectivity index (χ2v) is 7.08. The Morgan fingerprint density at radius 2 is 2.17 bits per heavy atom. The van der Waals surface area contributed by atoms with E-state index in [0.717, 1.165) is 24.4 Å². The van der Waals surface area contributed by atoms with Crippen LogP contribution in [0, 0.1) is 0 Å². The van der Waals surface area contributed by atoms with Gasteiger partial charge in [-0.2, -0.15) is 0 Å². The van der Waals surface area contributed by atoms with Gasteiger partial charge in [-0.05, 0) is 24.6 Å². The summed E-state index contributed by atoms with van der Waals surface area (Å²) in [5, 5.41) is 3.75. The molecule has 2 fully saturated rings. The third-order valence-corrected chi connectivity index (χ3v) is 5.21. The van der Waals surface area contributed by atoms with Gasteiger partial charge in [0.15, 0.2) is 0 Å². The summed E-state index contributed by atoms with van der Waals surface area (Å²) < 4.78 is 10.6. The quantitative estimate of drug-likeness (QED) is 0.840. The molecule has 0 spiro atoms. The lowest BCUT2D eigenvalue weighted by Crippen LogP contribution is -2.65. The first-order valence-corrected chi connectivity index (χ1v) is 8.54. The third kappa shape index (κ3) is 3.31. The molecular formula is C17H24ClN3O3. The number of carbonyl (C=O) groups is 1. The summed E-state index contributed by atoms with van der Waals surface area (Å²) in [5.41, 5.74) is 6.32. The Morgan fingerprint density at radius 1 is 1.42 bits per heavy atom. The summed E-state index contributed by atoms with van der Waals surface area (Å²) in [6.07, 6.45) is 2.11. The van der Waals surface area contributed by atoms with Crippen molar-refractivity contribution in [3.05, 3.63) is 23.2 Å². The van der Waals surface area contributed by atoms with Gasteiger partial charge in [0, 0.05) is 44.1 Å². The van der Waals surface area contributed by atoms with E-state index >= 15 is 0 Å². The summed E-state index contributed by atoms with van der Waals surface area (Å²) in [4.78, 5) is 14.6. The number of amides is 1. The van der Waals surface area contributed by atoms with E-state index in [0.29, 0.717) is 24.4 Å². The van der Waals surface area contributed by atoms with Crippen LogP contribution in [0.2, 0.25) is 5.02 Å². The van der Waals surface area contributed by atoms with Gasteiger partial charge in [-0.1, -0.05) is 11.6 Å². The zero-order chi connectivity index (χ0) is 17.3. The number of nitrogens with two attached hydrogens (primary N) is 1. The molecule has 1 aliphatic carbocycles. The van der Waals surface area contributed by atoms with E-state index in [1.165, 1.54) is 0 Å². The summed E-state index contributed by atoms with van der Waals surface area (Å²) in [6, 6.07) is 5.63. The molecule has 132 valence electrons. The van der Waals surface area contributed by atoms with Crippen LogP contribution in [0.5, 0.6) is 5.75 Å². The molecule has 3 rings (SSSR count). The molecule has 2 aliphatic rings. The van der Waals surface area contributed by atoms with Gasteiger partial charge in [-0.3, -0.25) is 4.79 Å². The van der Waals surface area contributed by atoms with E-state index in [1.807, 2.05) is 12.1 Å². The topological polar surface area (TPSA) is 76.8 Å². The molecule has 7 heteroatoms. The molecule has 1 heterocycles. The third-order valence-electron chi connectivity index (χ3n) is 4.97. The van der Waals surface area contributed by atoms with E-state index in [9.17, 15) is 4.79 Å². The van der Waals surface area contributed by atoms with E-state index in [2.05, 4.69) is 10.2 Å². The Labute approximate surface area is 147 Å². The Hall–Kier alpha value is -1.50. The fourth-order valence-electron chi connectivity index (χ4n) is 3.44. The molecule has 0 aromatic heterocycles. The minimum absolute atomic E-state index is 0.0724. The highest BCUT2D eigenvalue weighted by Crippen LogP contribution is 2.34. The Bertz CT molecular complexity index is 619. The van der Waals surface area contributed by atoms with Gasteiger partial charge < -0.3 is 25.4 Å². The minimum atomic E-state index is -0.790. The van der Waals surface area contributed by atoms with Gasteiger partial charge in [0.25, 0.3) is 0 Å². The lowest BCUT2D eigenvalue weighted by atomic mass is 9.74. The zero-order valence-electron chi connectivity index (χ0n) is 14.0. The largest absolute Gasteiger partial charge is 0.495 e. The van der Waals surface area contributed by atoms with E-state index in [4.69, 9.17) is 26.8 Å². The first-order chi connectivity index (χ1) is 11.4. The van der Waals surface area contributed by atoms with Crippen molar-refractivity contribution in [1.82, 2.24) is 5.32 Å². The van der Waals surface area contributed by atoms with Crippen LogP contribution in [-0.4, -0.2) is 50.9 Å². The molecule has 3 N–H and O–H groups in total. The smallest absolute Gasteiger partial charge is 0.240 e. The number of rotatable bonds is 5. The van der Waals surface area contributed by atoms with Crippen molar-refractivity contribution in [3.63, 3.8) is 0 Å². The standard InChI is InChI=1S/C17H24ClN3O3/c1-23-13-8-17(19,9-13)16(22)20-12-5-6-21(10-12)14-7-11(18)3-4-15(14)24-2/h3-4,7,12-13H,5-6,8-10,19H2,1-2H3,(H,20,22). The van der Waals surface area contributed by atoms with Crippen LogP contribution in [0.3, 0.4) is 0 Å². The van der Waals surface area contributed by atoms with Crippen LogP contribution in [-0.2, 0) is 9.53 Å². The molecule has 1 aliphatic heterocycles. The zero-order valence-corrected chi connectivity index (χ0v) is 14.8. The van der Waals surface area contributed by atoms with Gasteiger partial charge in [0.1, 0.15) is 11.3 Å². The molecule has 1 amide bonds. The van der Waals surface area contributed by atoms with E-state index in [1.54, 1.807) is 20.3 Å². The summed E-state index contributed by atoms with van der Waals surface area (Å²) in [6.45, 7) is 1.55. The normalized spacial score (nSPS) is 29.2. The van der Waals surface area contributed by atoms with Crippen molar-refractivity contribution < 1.29 is 14.3 Å². The molecule has 1 saturated carbocycles. The molecule has 1 aromatic carbocycles. The maximum absolute atomic E-state index is 12.4. The van der Waals surface area contributed by atoms with Crippen LogP contribution in [0.25, 0.3) is 0 Å². The number of ether oxygens (including phenoxy) is 2. The molecule has 0 bridgehead atoms. The summed E-state index contributed by atoms with van der Waals surface area (Å²) in [5.74, 6) is 0.698. The molecule has 0 radical (unpaired) electrons. The van der Waals surface area contributed by atoms with E-state index in [-0.39, 0.29) is 18.1 Å². The number of nitrogens with one attached hydrogen (secondary N) is 1. The molecule has 6 nitrogen and oxygen atoms in total. The van der Waals surface area contributed by atoms with Crippen LogP contribution >= 0.6 is 11.6 Å². The van der Waals surface area contributed by atoms with Crippen LogP contribution < -0.4 is 20.7 Å². The van der Waals surface area contributed by atoms with Crippen molar-refractivity contribution in [2.75, 3.05) is 32.2 Å². The van der Waals surface area contributed by atoms with Crippen molar-refractivity contribution in [1.29, 1.82) is 0 Å². The van der Waals surface area contributed by atoms with Crippen LogP contribution in [0.1, 0.15) is 19.3 Å². The minimum Gasteiger partial charge on any atom is -0.495 e. The summed E-state index contributed by atoms with van der Waals surface area (Å²) >= 11 is 6.11. The molecule has 1 unspecified atom stereocenters. The van der Waals surface area contributed by atoms with Crippen molar-refractivity contribution >= 4 is 23.2 Å². The van der Waals surface area contributed by atoms with Crippen LogP contribution in [0.4, 0.5) is 5.69 Å². The Balaban J connectivity index is 1.60. The SMILES string of the molecule is COc1ccc(Cl)cc1N1CCC(NC(=O)C2(N)CC(OC)C2)C1. The Morgan fingerprint density at radius 3 is 2.83 bits per heavy atom. The van der Waals surface area contributed by atoms with Crippen molar-refractivity contribution in [3.8, 4) is 5.75 Å². The van der Waals surface area contributed by atoms with Crippen molar-refractivity contribution in [2.24, 2.45) is 5.73 Å². The van der Waals surface area contributed by atoms with E-state index < -0.39 is 5.54 Å². The highest BCUT2D eigenvalue weighted by atomic mass is 35.5. The summed E-state index contributed by atoms with van der Waals surface area (Å²) in [7, 11) is 3.29. The maximum Gasteiger partial charge on any atom is 0.240 e. The maximum atomic E-state index is 12.4. The average molecular weight is 354 g/mol. The fourth-order valence-corrected chi connectivity index (χ4v) is 3.61. The van der Waals surface area contributed by atoms with Gasteiger partial charge >= 0.3 is 0 Å². The number of halogens is 1. The monoisotopic (exact) mass is 353 g/mol. The first-order valence-electron chi connectivity index (χ1n) is 8.16.